The minimum atomic E-state index is -1.58. The Morgan fingerprint density at radius 2 is 1.26 bits per heavy atom. The molecule has 0 saturated carbocycles. The molecule has 14 heteroatoms. The molecule has 0 aliphatic heterocycles. The van der Waals surface area contributed by atoms with E-state index in [2.05, 4.69) is 24.4 Å². The number of allylic oxidation sites excluding steroid dienone is 7. The van der Waals surface area contributed by atoms with Gasteiger partial charge in [-0.15, -0.1) is 0 Å². The normalized spacial score (nSPS) is 14.7. The first kappa shape index (κ1) is 30.6. The van der Waals surface area contributed by atoms with Gasteiger partial charge < -0.3 is 0 Å². The summed E-state index contributed by atoms with van der Waals surface area (Å²) in [4.78, 5) is 15.7. The van der Waals surface area contributed by atoms with Crippen LogP contribution in [0.5, 0.6) is 0 Å². The standard InChI is InChI=1S/C33H4F5N9/c1-43-19-7-17(35)14(6-18(19)36)25-27(22(11-42)45-3)29-30(33(25)46-4)32(38)28-24(31(29)37)16(8-39)23(26(28)21(10-41)44-2)15-5-13(34)12-47-20(15)9-40/h5-7,12H/b26-21-,27-22+. The highest BCUT2D eigenvalue weighted by atomic mass is 19.1. The van der Waals surface area contributed by atoms with Crippen LogP contribution in [0.2, 0.25) is 0 Å². The molecule has 0 unspecified atom stereocenters. The Morgan fingerprint density at radius 3 is 1.79 bits per heavy atom. The van der Waals surface area contributed by atoms with E-state index in [0.717, 1.165) is 0 Å². The van der Waals surface area contributed by atoms with Crippen molar-refractivity contribution < 1.29 is 22.0 Å². The monoisotopic (exact) mass is 621 g/mol. The van der Waals surface area contributed by atoms with Gasteiger partial charge in [-0.25, -0.2) is 56.8 Å². The van der Waals surface area contributed by atoms with Gasteiger partial charge in [-0.3, -0.25) is 0 Å². The van der Waals surface area contributed by atoms with Gasteiger partial charge in [0.15, 0.2) is 0 Å². The predicted octanol–water partition coefficient (Wildman–Crippen LogP) is 7.76. The molecule has 0 atom stereocenters. The molecule has 0 fully saturated rings. The molecule has 0 bridgehead atoms. The number of rotatable bonds is 2. The Balaban J connectivity index is 2.07. The van der Waals surface area contributed by atoms with Crippen LogP contribution in [0, 0.1) is 101 Å². The van der Waals surface area contributed by atoms with Crippen LogP contribution >= 0.6 is 0 Å². The quantitative estimate of drug-likeness (QED) is 0.164. The summed E-state index contributed by atoms with van der Waals surface area (Å²) >= 11 is 0. The number of nitriles is 4. The predicted molar refractivity (Wildman–Crippen MR) is 152 cm³/mol. The van der Waals surface area contributed by atoms with Crippen molar-refractivity contribution in [2.24, 2.45) is 0 Å². The molecule has 0 radical (unpaired) electrons. The fraction of sp³-hybridized carbons (Fsp3) is 0. The smallest absolute Gasteiger partial charge is 0.242 e. The lowest BCUT2D eigenvalue weighted by Gasteiger charge is -2.15. The molecular formula is C33H4F5N9. The number of aromatic nitrogens is 1. The van der Waals surface area contributed by atoms with E-state index in [9.17, 15) is 29.8 Å². The third kappa shape index (κ3) is 4.18. The van der Waals surface area contributed by atoms with Crippen LogP contribution in [0.25, 0.3) is 52.9 Å². The number of hydrogen-bond acceptors (Lipinski definition) is 5. The summed E-state index contributed by atoms with van der Waals surface area (Å²) in [5.41, 5.74) is -13.2. The molecule has 216 valence electrons. The Bertz CT molecular complexity index is 2520. The summed E-state index contributed by atoms with van der Waals surface area (Å²) in [7, 11) is 0. The number of benzene rings is 2. The highest BCUT2D eigenvalue weighted by Crippen LogP contribution is 2.58. The maximum absolute atomic E-state index is 17.0. The Hall–Kier alpha value is -7.88. The number of halogens is 5. The molecule has 3 aromatic rings. The van der Waals surface area contributed by atoms with Crippen molar-refractivity contribution in [2.75, 3.05) is 0 Å². The van der Waals surface area contributed by atoms with Gasteiger partial charge in [-0.1, -0.05) is 0 Å². The number of fused-ring (bicyclic) bond motifs is 2. The SMILES string of the molecule is [C-]#[N+]C1=C(c2cc(F)c([N+]#[C-])cc2F)/C(=C(/C#N)[N+]#[C-])c2c(F)c3c(c(F)c21)/C(=C(/C#N)[N+]#[C-])C(c1cc(F)cnc1C#N)=C3C#N. The molecule has 0 N–H and O–H groups in total. The summed E-state index contributed by atoms with van der Waals surface area (Å²) in [6, 6.07) is 7.79. The van der Waals surface area contributed by atoms with Crippen molar-refractivity contribution in [1.29, 1.82) is 21.0 Å². The average Bonchev–Trinajstić information content (AvgIpc) is 3.60. The van der Waals surface area contributed by atoms with E-state index in [1.807, 2.05) is 0 Å². The van der Waals surface area contributed by atoms with Crippen molar-refractivity contribution in [3.63, 3.8) is 0 Å². The maximum atomic E-state index is 17.0. The van der Waals surface area contributed by atoms with Crippen LogP contribution in [0.15, 0.2) is 35.8 Å². The summed E-state index contributed by atoms with van der Waals surface area (Å²) in [6.45, 7) is 29.9. The summed E-state index contributed by atoms with van der Waals surface area (Å²) in [5.74, 6) is -6.87. The first-order valence-electron chi connectivity index (χ1n) is 12.4. The molecule has 5 rings (SSSR count). The van der Waals surface area contributed by atoms with E-state index in [0.29, 0.717) is 24.4 Å². The highest BCUT2D eigenvalue weighted by molar-refractivity contribution is 6.29. The van der Waals surface area contributed by atoms with Crippen LogP contribution in [-0.4, -0.2) is 4.98 Å². The Labute approximate surface area is 261 Å². The first-order chi connectivity index (χ1) is 22.6. The average molecular weight is 621 g/mol. The molecule has 2 aromatic carbocycles. The molecule has 0 saturated heterocycles. The minimum absolute atomic E-state index is 0.446. The third-order valence-corrected chi connectivity index (χ3v) is 7.14. The van der Waals surface area contributed by atoms with Crippen LogP contribution in [0.3, 0.4) is 0 Å². The fourth-order valence-electron chi connectivity index (χ4n) is 5.39. The minimum Gasteiger partial charge on any atom is -0.242 e. The lowest BCUT2D eigenvalue weighted by molar-refractivity contribution is 0.590. The van der Waals surface area contributed by atoms with Gasteiger partial charge in [-0.05, 0) is 29.3 Å². The fourth-order valence-corrected chi connectivity index (χ4v) is 5.39. The maximum Gasteiger partial charge on any atom is 0.270 e. The van der Waals surface area contributed by atoms with Crippen molar-refractivity contribution in [2.45, 2.75) is 0 Å². The molecule has 1 aromatic heterocycles. The van der Waals surface area contributed by atoms with E-state index >= 15 is 13.2 Å². The van der Waals surface area contributed by atoms with Gasteiger partial charge in [0.1, 0.15) is 46.9 Å². The van der Waals surface area contributed by atoms with E-state index in [1.165, 1.54) is 12.1 Å². The van der Waals surface area contributed by atoms with Gasteiger partial charge in [0, 0.05) is 44.5 Å². The molecule has 47 heavy (non-hydrogen) atoms. The Kier molecular flexibility index (Phi) is 7.36. The molecule has 0 amide bonds. The molecule has 2 aliphatic carbocycles. The number of hydrogen-bond donors (Lipinski definition) is 0. The first-order valence-corrected chi connectivity index (χ1v) is 12.4. The number of nitrogens with zero attached hydrogens (tertiary/aromatic N) is 9. The zero-order valence-electron chi connectivity index (χ0n) is 22.7. The molecule has 2 aliphatic rings. The molecule has 1 heterocycles. The molecular weight excluding hydrogens is 617 g/mol. The second-order valence-corrected chi connectivity index (χ2v) is 9.28. The van der Waals surface area contributed by atoms with Crippen LogP contribution in [0.4, 0.5) is 27.6 Å². The molecule has 0 spiro atoms. The van der Waals surface area contributed by atoms with Crippen molar-refractivity contribution >= 4 is 39.2 Å². The topological polar surface area (TPSA) is 125 Å². The zero-order valence-corrected chi connectivity index (χ0v) is 22.7. The van der Waals surface area contributed by atoms with Crippen molar-refractivity contribution in [1.82, 2.24) is 4.98 Å². The second kappa shape index (κ2) is 11.3. The van der Waals surface area contributed by atoms with E-state index in [4.69, 9.17) is 26.3 Å². The van der Waals surface area contributed by atoms with Crippen LogP contribution < -0.4 is 0 Å². The second-order valence-electron chi connectivity index (χ2n) is 9.28. The van der Waals surface area contributed by atoms with Gasteiger partial charge >= 0.3 is 0 Å². The summed E-state index contributed by atoms with van der Waals surface area (Å²) in [5, 5.41) is 39.5. The lowest BCUT2D eigenvalue weighted by atomic mass is 9.90. The van der Waals surface area contributed by atoms with Crippen LogP contribution in [-0.2, 0) is 0 Å². The van der Waals surface area contributed by atoms with Crippen molar-refractivity contribution in [3.05, 3.63) is 150 Å². The number of pyridine rings is 1. The van der Waals surface area contributed by atoms with Gasteiger partial charge in [0.2, 0.25) is 11.4 Å². The third-order valence-electron chi connectivity index (χ3n) is 7.14. The van der Waals surface area contributed by atoms with Gasteiger partial charge in [0.25, 0.3) is 11.4 Å². The van der Waals surface area contributed by atoms with Gasteiger partial charge in [0.05, 0.1) is 50.2 Å². The van der Waals surface area contributed by atoms with E-state index < -0.39 is 119 Å². The highest BCUT2D eigenvalue weighted by Gasteiger charge is 2.44. The van der Waals surface area contributed by atoms with E-state index in [1.54, 1.807) is 12.1 Å². The zero-order chi connectivity index (χ0) is 34.3. The lowest BCUT2D eigenvalue weighted by Crippen LogP contribution is -2.05. The summed E-state index contributed by atoms with van der Waals surface area (Å²) in [6.07, 6.45) is 0.641. The van der Waals surface area contributed by atoms with Crippen LogP contribution in [0.1, 0.15) is 39.1 Å². The molecule has 9 nitrogen and oxygen atoms in total. The largest absolute Gasteiger partial charge is 0.270 e. The van der Waals surface area contributed by atoms with Gasteiger partial charge in [-0.2, -0.15) is 10.5 Å². The summed E-state index contributed by atoms with van der Waals surface area (Å²) < 4.78 is 78.6. The Morgan fingerprint density at radius 1 is 0.660 bits per heavy atom. The van der Waals surface area contributed by atoms with Crippen molar-refractivity contribution in [3.8, 4) is 24.3 Å². The van der Waals surface area contributed by atoms with E-state index in [-0.39, 0.29) is 0 Å².